The van der Waals surface area contributed by atoms with Gasteiger partial charge in [0.2, 0.25) is 15.9 Å². The van der Waals surface area contributed by atoms with Gasteiger partial charge in [0, 0.05) is 44.5 Å². The van der Waals surface area contributed by atoms with Crippen LogP contribution in [0.2, 0.25) is 0 Å². The van der Waals surface area contributed by atoms with Gasteiger partial charge in [0.15, 0.2) is 5.76 Å². The first-order chi connectivity index (χ1) is 14.8. The van der Waals surface area contributed by atoms with Crippen molar-refractivity contribution in [1.82, 2.24) is 14.9 Å². The summed E-state index contributed by atoms with van der Waals surface area (Å²) in [5.74, 6) is -0.275. The average Bonchev–Trinajstić information content (AvgIpc) is 3.43. The fourth-order valence-electron chi connectivity index (χ4n) is 3.85. The Bertz CT molecular complexity index is 1070. The van der Waals surface area contributed by atoms with E-state index in [4.69, 9.17) is 4.42 Å². The molecule has 2 N–H and O–H groups in total. The summed E-state index contributed by atoms with van der Waals surface area (Å²) in [5.41, 5.74) is 1.83. The molecular formula is C21H26N4O5S. The van der Waals surface area contributed by atoms with Crippen LogP contribution in [0.1, 0.15) is 34.7 Å². The molecule has 0 saturated carbocycles. The second-order valence-electron chi connectivity index (χ2n) is 7.76. The molecule has 0 aliphatic carbocycles. The van der Waals surface area contributed by atoms with Gasteiger partial charge in [0.25, 0.3) is 5.91 Å². The number of piperazine rings is 1. The van der Waals surface area contributed by atoms with E-state index in [0.717, 1.165) is 30.6 Å². The predicted octanol–water partition coefficient (Wildman–Crippen LogP) is 1.24. The Kier molecular flexibility index (Phi) is 6.01. The van der Waals surface area contributed by atoms with Crippen molar-refractivity contribution in [2.45, 2.75) is 31.2 Å². The highest BCUT2D eigenvalue weighted by molar-refractivity contribution is 7.89. The van der Waals surface area contributed by atoms with Crippen LogP contribution in [0.25, 0.3) is 0 Å². The van der Waals surface area contributed by atoms with Crippen LogP contribution in [-0.4, -0.2) is 57.3 Å². The minimum absolute atomic E-state index is 0.00226. The van der Waals surface area contributed by atoms with E-state index in [0.29, 0.717) is 26.2 Å². The van der Waals surface area contributed by atoms with Gasteiger partial charge in [-0.2, -0.15) is 4.31 Å². The summed E-state index contributed by atoms with van der Waals surface area (Å²) in [5, 5.41) is 5.56. The molecule has 0 spiro atoms. The zero-order chi connectivity index (χ0) is 22.0. The molecule has 166 valence electrons. The largest absolute Gasteiger partial charge is 0.455 e. The standard InChI is InChI=1S/C21H26N4O5S/c1-15-19(31(28,29)25-9-2-3-10-25)12-18(30-15)21(27)23-13-16-4-6-17(7-5-16)24-11-8-22-20(26)14-24/h4-7,12H,2-3,8-11,13-14H2,1H3,(H,22,26)(H,23,27). The maximum atomic E-state index is 12.8. The molecule has 3 heterocycles. The molecule has 31 heavy (non-hydrogen) atoms. The van der Waals surface area contributed by atoms with Gasteiger partial charge in [-0.25, -0.2) is 8.42 Å². The van der Waals surface area contributed by atoms with Crippen LogP contribution in [0.3, 0.4) is 0 Å². The molecular weight excluding hydrogens is 420 g/mol. The Balaban J connectivity index is 1.38. The van der Waals surface area contributed by atoms with E-state index < -0.39 is 15.9 Å². The molecule has 2 aliphatic heterocycles. The first-order valence-corrected chi connectivity index (χ1v) is 11.8. The molecule has 1 aromatic carbocycles. The molecule has 0 radical (unpaired) electrons. The van der Waals surface area contributed by atoms with E-state index in [1.807, 2.05) is 29.2 Å². The second-order valence-corrected chi connectivity index (χ2v) is 9.67. The molecule has 2 fully saturated rings. The van der Waals surface area contributed by atoms with Crippen molar-refractivity contribution in [3.63, 3.8) is 0 Å². The summed E-state index contributed by atoms with van der Waals surface area (Å²) in [6.07, 6.45) is 1.68. The van der Waals surface area contributed by atoms with Crippen LogP contribution < -0.4 is 15.5 Å². The van der Waals surface area contributed by atoms with Gasteiger partial charge < -0.3 is 20.0 Å². The zero-order valence-electron chi connectivity index (χ0n) is 17.4. The van der Waals surface area contributed by atoms with E-state index in [1.165, 1.54) is 10.4 Å². The van der Waals surface area contributed by atoms with Gasteiger partial charge in [-0.15, -0.1) is 0 Å². The Hall–Kier alpha value is -2.85. The lowest BCUT2D eigenvalue weighted by Gasteiger charge is -2.28. The first-order valence-electron chi connectivity index (χ1n) is 10.3. The molecule has 2 aromatic rings. The van der Waals surface area contributed by atoms with E-state index in [2.05, 4.69) is 10.6 Å². The third-order valence-corrected chi connectivity index (χ3v) is 7.58. The van der Waals surface area contributed by atoms with Crippen molar-refractivity contribution in [3.8, 4) is 0 Å². The van der Waals surface area contributed by atoms with Crippen LogP contribution in [0.5, 0.6) is 0 Å². The highest BCUT2D eigenvalue weighted by Gasteiger charge is 2.31. The molecule has 0 atom stereocenters. The number of amides is 2. The maximum Gasteiger partial charge on any atom is 0.287 e. The summed E-state index contributed by atoms with van der Waals surface area (Å²) in [6, 6.07) is 8.91. The number of carbonyl (C=O) groups is 2. The number of benzene rings is 1. The molecule has 0 bridgehead atoms. The Labute approximate surface area is 181 Å². The van der Waals surface area contributed by atoms with Crippen LogP contribution >= 0.6 is 0 Å². The summed E-state index contributed by atoms with van der Waals surface area (Å²) in [6.45, 7) is 4.51. The fraction of sp³-hybridized carbons (Fsp3) is 0.429. The molecule has 4 rings (SSSR count). The first kappa shape index (κ1) is 21.4. The number of nitrogens with one attached hydrogen (secondary N) is 2. The molecule has 2 amide bonds. The Morgan fingerprint density at radius 2 is 1.87 bits per heavy atom. The number of sulfonamides is 1. The Morgan fingerprint density at radius 1 is 1.16 bits per heavy atom. The third kappa shape index (κ3) is 4.59. The van der Waals surface area contributed by atoms with Crippen molar-refractivity contribution < 1.29 is 22.4 Å². The van der Waals surface area contributed by atoms with Crippen LogP contribution in [0, 0.1) is 6.92 Å². The molecule has 10 heteroatoms. The number of anilines is 1. The van der Waals surface area contributed by atoms with Crippen molar-refractivity contribution in [2.75, 3.05) is 37.6 Å². The zero-order valence-corrected chi connectivity index (χ0v) is 18.2. The smallest absolute Gasteiger partial charge is 0.287 e. The van der Waals surface area contributed by atoms with Crippen molar-refractivity contribution in [3.05, 3.63) is 47.4 Å². The molecule has 9 nitrogen and oxygen atoms in total. The number of hydrogen-bond donors (Lipinski definition) is 2. The van der Waals surface area contributed by atoms with E-state index >= 15 is 0 Å². The van der Waals surface area contributed by atoms with Gasteiger partial charge >= 0.3 is 0 Å². The van der Waals surface area contributed by atoms with Crippen LogP contribution in [0.15, 0.2) is 39.6 Å². The number of aryl methyl sites for hydroxylation is 1. The fourth-order valence-corrected chi connectivity index (χ4v) is 5.53. The maximum absolute atomic E-state index is 12.8. The topological polar surface area (TPSA) is 112 Å². The Morgan fingerprint density at radius 3 is 2.55 bits per heavy atom. The van der Waals surface area contributed by atoms with Crippen molar-refractivity contribution >= 4 is 27.5 Å². The predicted molar refractivity (Wildman–Crippen MR) is 114 cm³/mol. The van der Waals surface area contributed by atoms with Gasteiger partial charge in [-0.3, -0.25) is 9.59 Å². The highest BCUT2D eigenvalue weighted by atomic mass is 32.2. The van der Waals surface area contributed by atoms with Crippen molar-refractivity contribution in [2.24, 2.45) is 0 Å². The average molecular weight is 447 g/mol. The number of carbonyl (C=O) groups excluding carboxylic acids is 2. The quantitative estimate of drug-likeness (QED) is 0.691. The lowest BCUT2D eigenvalue weighted by molar-refractivity contribution is -0.120. The normalized spacial score (nSPS) is 17.6. The lowest BCUT2D eigenvalue weighted by atomic mass is 10.2. The summed E-state index contributed by atoms with van der Waals surface area (Å²) in [7, 11) is -3.64. The van der Waals surface area contributed by atoms with E-state index in [9.17, 15) is 18.0 Å². The van der Waals surface area contributed by atoms with Crippen LogP contribution in [0.4, 0.5) is 5.69 Å². The van der Waals surface area contributed by atoms with E-state index in [-0.39, 0.29) is 28.9 Å². The molecule has 1 aromatic heterocycles. The van der Waals surface area contributed by atoms with E-state index in [1.54, 1.807) is 6.92 Å². The number of hydrogen-bond acceptors (Lipinski definition) is 6. The molecule has 2 aliphatic rings. The van der Waals surface area contributed by atoms with Crippen molar-refractivity contribution in [1.29, 1.82) is 0 Å². The van der Waals surface area contributed by atoms with Gasteiger partial charge in [0.1, 0.15) is 10.7 Å². The number of nitrogens with zero attached hydrogens (tertiary/aromatic N) is 2. The highest BCUT2D eigenvalue weighted by Crippen LogP contribution is 2.26. The number of furan rings is 1. The van der Waals surface area contributed by atoms with Gasteiger partial charge in [-0.05, 0) is 37.5 Å². The van der Waals surface area contributed by atoms with Crippen LogP contribution in [-0.2, 0) is 21.4 Å². The summed E-state index contributed by atoms with van der Waals surface area (Å²) < 4.78 is 32.4. The third-order valence-electron chi connectivity index (χ3n) is 5.57. The lowest BCUT2D eigenvalue weighted by Crippen LogP contribution is -2.47. The SMILES string of the molecule is Cc1oc(C(=O)NCc2ccc(N3CCNC(=O)C3)cc2)cc1S(=O)(=O)N1CCCC1. The molecule has 0 unspecified atom stereocenters. The summed E-state index contributed by atoms with van der Waals surface area (Å²) in [4.78, 5) is 26.1. The molecule has 2 saturated heterocycles. The minimum atomic E-state index is -3.64. The number of rotatable bonds is 6. The van der Waals surface area contributed by atoms with Gasteiger partial charge in [-0.1, -0.05) is 12.1 Å². The summed E-state index contributed by atoms with van der Waals surface area (Å²) >= 11 is 0. The minimum Gasteiger partial charge on any atom is -0.455 e. The van der Waals surface area contributed by atoms with Gasteiger partial charge in [0.05, 0.1) is 6.54 Å². The monoisotopic (exact) mass is 446 g/mol. The second kappa shape index (κ2) is 8.72.